The summed E-state index contributed by atoms with van der Waals surface area (Å²) in [5.74, 6) is 1.47. The Morgan fingerprint density at radius 2 is 2.16 bits per heavy atom. The maximum Gasteiger partial charge on any atom is 0.122 e. The normalized spacial score (nSPS) is 23.2. The van der Waals surface area contributed by atoms with Crippen LogP contribution in [-0.2, 0) is 11.2 Å². The highest BCUT2D eigenvalue weighted by molar-refractivity contribution is 6.30. The van der Waals surface area contributed by atoms with Crippen molar-refractivity contribution in [2.24, 2.45) is 5.92 Å². The van der Waals surface area contributed by atoms with Gasteiger partial charge in [0.2, 0.25) is 0 Å². The fourth-order valence-electron chi connectivity index (χ4n) is 2.51. The second-order valence-electron chi connectivity index (χ2n) is 5.33. The highest BCUT2D eigenvalue weighted by Crippen LogP contribution is 2.35. The first kappa shape index (κ1) is 14.7. The first-order valence-corrected chi connectivity index (χ1v) is 7.60. The average molecular weight is 283 g/mol. The van der Waals surface area contributed by atoms with Crippen LogP contribution in [0, 0.1) is 5.92 Å². The molecular weight excluding hydrogens is 260 g/mol. The molecule has 0 aromatic heterocycles. The minimum absolute atomic E-state index is 0.406. The van der Waals surface area contributed by atoms with Gasteiger partial charge in [-0.05, 0) is 48.9 Å². The smallest absolute Gasteiger partial charge is 0.122 e. The van der Waals surface area contributed by atoms with Gasteiger partial charge in [0.05, 0.1) is 18.8 Å². The van der Waals surface area contributed by atoms with Crippen LogP contribution in [0.3, 0.4) is 0 Å². The Kier molecular flexibility index (Phi) is 5.12. The van der Waals surface area contributed by atoms with E-state index in [2.05, 4.69) is 20.8 Å². The molecule has 1 aromatic carbocycles. The topological polar surface area (TPSA) is 21.8 Å². The largest absolute Gasteiger partial charge is 0.493 e. The van der Waals surface area contributed by atoms with Crippen molar-refractivity contribution >= 4 is 11.6 Å². The first-order valence-electron chi connectivity index (χ1n) is 7.22. The van der Waals surface area contributed by atoms with Gasteiger partial charge in [-0.2, -0.15) is 0 Å². The summed E-state index contributed by atoms with van der Waals surface area (Å²) < 4.78 is 11.5. The molecule has 0 aliphatic carbocycles. The van der Waals surface area contributed by atoms with E-state index in [0.29, 0.717) is 18.1 Å². The van der Waals surface area contributed by atoms with E-state index in [-0.39, 0.29) is 0 Å². The van der Waals surface area contributed by atoms with Crippen LogP contribution in [0.5, 0.6) is 5.75 Å². The molecule has 0 bridgehead atoms. The molecule has 2 rings (SSSR count). The van der Waals surface area contributed by atoms with E-state index < -0.39 is 0 Å². The lowest BCUT2D eigenvalue weighted by Gasteiger charge is -2.14. The van der Waals surface area contributed by atoms with Gasteiger partial charge >= 0.3 is 0 Å². The second kappa shape index (κ2) is 6.62. The molecule has 1 aliphatic heterocycles. The summed E-state index contributed by atoms with van der Waals surface area (Å²) in [6, 6.07) is 5.89. The van der Waals surface area contributed by atoms with E-state index in [9.17, 15) is 0 Å². The lowest BCUT2D eigenvalue weighted by molar-refractivity contribution is 0.304. The van der Waals surface area contributed by atoms with Gasteiger partial charge in [0.15, 0.2) is 0 Å². The predicted octanol–water partition coefficient (Wildman–Crippen LogP) is 4.48. The average Bonchev–Trinajstić information content (AvgIpc) is 3.17. The summed E-state index contributed by atoms with van der Waals surface area (Å²) in [5.41, 5.74) is 1.19. The molecule has 2 nitrogen and oxygen atoms in total. The molecule has 3 heteroatoms. The molecule has 0 amide bonds. The number of benzene rings is 1. The molecule has 1 aromatic rings. The zero-order chi connectivity index (χ0) is 13.8. The fraction of sp³-hybridized carbons (Fsp3) is 0.625. The van der Waals surface area contributed by atoms with Gasteiger partial charge in [0, 0.05) is 5.02 Å². The number of rotatable bonds is 7. The highest BCUT2D eigenvalue weighted by Gasteiger charge is 2.41. The quantitative estimate of drug-likeness (QED) is 0.688. The lowest BCUT2D eigenvalue weighted by Crippen LogP contribution is -2.11. The summed E-state index contributed by atoms with van der Waals surface area (Å²) in [6.45, 7) is 7.28. The van der Waals surface area contributed by atoms with E-state index in [1.165, 1.54) is 5.56 Å². The predicted molar refractivity (Wildman–Crippen MR) is 79.1 cm³/mol. The van der Waals surface area contributed by atoms with Crippen molar-refractivity contribution in [1.82, 2.24) is 0 Å². The van der Waals surface area contributed by atoms with Crippen molar-refractivity contribution < 1.29 is 9.47 Å². The van der Waals surface area contributed by atoms with Crippen molar-refractivity contribution in [3.05, 3.63) is 28.8 Å². The number of halogens is 1. The third-order valence-corrected chi connectivity index (χ3v) is 3.85. The SMILES string of the molecule is CCCOc1ccc(Cl)cc1CC(C)C1OC1CC. The summed E-state index contributed by atoms with van der Waals surface area (Å²) in [7, 11) is 0. The maximum atomic E-state index is 6.10. The van der Waals surface area contributed by atoms with E-state index in [0.717, 1.165) is 36.6 Å². The van der Waals surface area contributed by atoms with Crippen LogP contribution in [0.2, 0.25) is 5.02 Å². The zero-order valence-electron chi connectivity index (χ0n) is 12.0. The monoisotopic (exact) mass is 282 g/mol. The second-order valence-corrected chi connectivity index (χ2v) is 5.77. The van der Waals surface area contributed by atoms with E-state index in [4.69, 9.17) is 21.1 Å². The van der Waals surface area contributed by atoms with Gasteiger partial charge in [0.25, 0.3) is 0 Å². The van der Waals surface area contributed by atoms with Crippen LogP contribution in [0.1, 0.15) is 39.2 Å². The Morgan fingerprint density at radius 3 is 2.79 bits per heavy atom. The Morgan fingerprint density at radius 1 is 1.37 bits per heavy atom. The number of epoxide rings is 1. The van der Waals surface area contributed by atoms with Crippen LogP contribution < -0.4 is 4.74 Å². The molecule has 3 unspecified atom stereocenters. The Hall–Kier alpha value is -0.730. The molecule has 0 radical (unpaired) electrons. The highest BCUT2D eigenvalue weighted by atomic mass is 35.5. The first-order chi connectivity index (χ1) is 9.15. The maximum absolute atomic E-state index is 6.10. The van der Waals surface area contributed by atoms with Crippen LogP contribution in [-0.4, -0.2) is 18.8 Å². The Bertz CT molecular complexity index is 419. The van der Waals surface area contributed by atoms with Gasteiger partial charge in [0.1, 0.15) is 5.75 Å². The minimum Gasteiger partial charge on any atom is -0.493 e. The molecule has 3 atom stereocenters. The lowest BCUT2D eigenvalue weighted by atomic mass is 9.95. The Labute approximate surface area is 121 Å². The van der Waals surface area contributed by atoms with Crippen molar-refractivity contribution in [2.45, 2.75) is 52.2 Å². The summed E-state index contributed by atoms with van der Waals surface area (Å²) in [6.07, 6.45) is 3.93. The van der Waals surface area contributed by atoms with Gasteiger partial charge in [-0.25, -0.2) is 0 Å². The summed E-state index contributed by atoms with van der Waals surface area (Å²) in [5, 5.41) is 0.773. The molecule has 1 fully saturated rings. The van der Waals surface area contributed by atoms with Crippen molar-refractivity contribution in [3.8, 4) is 5.75 Å². The van der Waals surface area contributed by atoms with E-state index >= 15 is 0 Å². The van der Waals surface area contributed by atoms with Crippen molar-refractivity contribution in [1.29, 1.82) is 0 Å². The van der Waals surface area contributed by atoms with Gasteiger partial charge in [-0.1, -0.05) is 32.4 Å². The van der Waals surface area contributed by atoms with Crippen LogP contribution in [0.15, 0.2) is 18.2 Å². The molecule has 0 saturated carbocycles. The molecule has 1 saturated heterocycles. The molecule has 19 heavy (non-hydrogen) atoms. The van der Waals surface area contributed by atoms with Gasteiger partial charge in [-0.3, -0.25) is 0 Å². The molecule has 1 heterocycles. The molecule has 0 N–H and O–H groups in total. The zero-order valence-corrected chi connectivity index (χ0v) is 12.7. The Balaban J connectivity index is 2.03. The van der Waals surface area contributed by atoms with Gasteiger partial charge in [-0.15, -0.1) is 0 Å². The van der Waals surface area contributed by atoms with E-state index in [1.807, 2.05) is 18.2 Å². The van der Waals surface area contributed by atoms with Crippen LogP contribution >= 0.6 is 11.6 Å². The minimum atomic E-state index is 0.406. The molecule has 106 valence electrons. The number of hydrogen-bond acceptors (Lipinski definition) is 2. The van der Waals surface area contributed by atoms with Crippen LogP contribution in [0.4, 0.5) is 0 Å². The molecular formula is C16H23ClO2. The van der Waals surface area contributed by atoms with E-state index in [1.54, 1.807) is 0 Å². The van der Waals surface area contributed by atoms with Crippen molar-refractivity contribution in [3.63, 3.8) is 0 Å². The standard InChI is InChI=1S/C16H23ClO2/c1-4-8-18-15-7-6-13(17)10-12(15)9-11(3)16-14(5-2)19-16/h6-7,10-11,14,16H,4-5,8-9H2,1-3H3. The third-order valence-electron chi connectivity index (χ3n) is 3.61. The molecule has 0 spiro atoms. The summed E-state index contributed by atoms with van der Waals surface area (Å²) in [4.78, 5) is 0. The van der Waals surface area contributed by atoms with Gasteiger partial charge < -0.3 is 9.47 Å². The fourth-order valence-corrected chi connectivity index (χ4v) is 2.70. The summed E-state index contributed by atoms with van der Waals surface area (Å²) >= 11 is 6.10. The third kappa shape index (κ3) is 3.87. The molecule has 1 aliphatic rings. The van der Waals surface area contributed by atoms with Crippen LogP contribution in [0.25, 0.3) is 0 Å². The van der Waals surface area contributed by atoms with Crippen molar-refractivity contribution in [2.75, 3.05) is 6.61 Å². The number of hydrogen-bond donors (Lipinski definition) is 0. The number of ether oxygens (including phenoxy) is 2.